The van der Waals surface area contributed by atoms with E-state index in [9.17, 15) is 5.11 Å². The summed E-state index contributed by atoms with van der Waals surface area (Å²) in [4.78, 5) is 4.01. The van der Waals surface area contributed by atoms with E-state index in [-0.39, 0.29) is 0 Å². The third-order valence-corrected chi connectivity index (χ3v) is 2.48. The first-order valence-corrected chi connectivity index (χ1v) is 4.79. The van der Waals surface area contributed by atoms with E-state index in [4.69, 9.17) is 10.2 Å². The third-order valence-electron chi connectivity index (χ3n) is 2.48. The molecule has 15 heavy (non-hydrogen) atoms. The molecule has 0 saturated carbocycles. The standard InChI is InChI=1S/C11H14N2O2/c1-11(2,14)10(12)7-3-4-8-9(5-7)15-6-13-8/h3-6,10,14H,12H2,1-2H3. The molecule has 0 radical (unpaired) electrons. The molecule has 3 N–H and O–H groups in total. The Bertz CT molecular complexity index is 471. The van der Waals surface area contributed by atoms with Crippen molar-refractivity contribution in [2.24, 2.45) is 5.73 Å². The van der Waals surface area contributed by atoms with Crippen LogP contribution in [0.2, 0.25) is 0 Å². The van der Waals surface area contributed by atoms with Crippen molar-refractivity contribution in [2.45, 2.75) is 25.5 Å². The van der Waals surface area contributed by atoms with E-state index in [1.807, 2.05) is 18.2 Å². The van der Waals surface area contributed by atoms with Crippen molar-refractivity contribution in [2.75, 3.05) is 0 Å². The maximum Gasteiger partial charge on any atom is 0.181 e. The molecular formula is C11H14N2O2. The Morgan fingerprint density at radius 1 is 1.47 bits per heavy atom. The van der Waals surface area contributed by atoms with Gasteiger partial charge in [-0.1, -0.05) is 6.07 Å². The summed E-state index contributed by atoms with van der Waals surface area (Å²) < 4.78 is 5.17. The highest BCUT2D eigenvalue weighted by atomic mass is 16.3. The molecule has 0 aliphatic rings. The lowest BCUT2D eigenvalue weighted by Gasteiger charge is -2.25. The molecule has 1 unspecified atom stereocenters. The number of nitrogens with zero attached hydrogens (tertiary/aromatic N) is 1. The van der Waals surface area contributed by atoms with Gasteiger partial charge in [0.1, 0.15) is 5.52 Å². The second kappa shape index (κ2) is 3.32. The van der Waals surface area contributed by atoms with Gasteiger partial charge in [-0.3, -0.25) is 0 Å². The Morgan fingerprint density at radius 2 is 2.20 bits per heavy atom. The highest BCUT2D eigenvalue weighted by Crippen LogP contribution is 2.25. The molecule has 0 fully saturated rings. The summed E-state index contributed by atoms with van der Waals surface area (Å²) in [6.07, 6.45) is 1.39. The largest absolute Gasteiger partial charge is 0.443 e. The average molecular weight is 206 g/mol. The Labute approximate surface area is 87.7 Å². The van der Waals surface area contributed by atoms with Gasteiger partial charge in [-0.05, 0) is 31.5 Å². The minimum atomic E-state index is -0.951. The van der Waals surface area contributed by atoms with E-state index in [0.717, 1.165) is 11.1 Å². The predicted molar refractivity (Wildman–Crippen MR) is 57.2 cm³/mol. The van der Waals surface area contributed by atoms with Gasteiger partial charge in [0.25, 0.3) is 0 Å². The molecule has 0 bridgehead atoms. The zero-order chi connectivity index (χ0) is 11.1. The molecule has 4 heteroatoms. The molecule has 0 amide bonds. The SMILES string of the molecule is CC(C)(O)C(N)c1ccc2ncoc2c1. The molecule has 0 saturated heterocycles. The van der Waals surface area contributed by atoms with Crippen molar-refractivity contribution in [3.05, 3.63) is 30.2 Å². The van der Waals surface area contributed by atoms with Crippen LogP contribution in [0, 0.1) is 0 Å². The van der Waals surface area contributed by atoms with Crippen LogP contribution in [0.1, 0.15) is 25.5 Å². The third kappa shape index (κ3) is 1.86. The maximum absolute atomic E-state index is 9.79. The predicted octanol–water partition coefficient (Wildman–Crippen LogP) is 1.60. The van der Waals surface area contributed by atoms with Crippen molar-refractivity contribution in [1.29, 1.82) is 0 Å². The van der Waals surface area contributed by atoms with E-state index in [2.05, 4.69) is 4.98 Å². The maximum atomic E-state index is 9.79. The molecule has 1 aromatic heterocycles. The molecule has 1 aromatic carbocycles. The Kier molecular flexibility index (Phi) is 2.25. The number of hydrogen-bond donors (Lipinski definition) is 2. The van der Waals surface area contributed by atoms with Crippen molar-refractivity contribution < 1.29 is 9.52 Å². The molecule has 4 nitrogen and oxygen atoms in total. The van der Waals surface area contributed by atoms with E-state index in [0.29, 0.717) is 5.58 Å². The number of nitrogens with two attached hydrogens (primary N) is 1. The molecule has 2 rings (SSSR count). The summed E-state index contributed by atoms with van der Waals surface area (Å²) >= 11 is 0. The number of aliphatic hydroxyl groups is 1. The van der Waals surface area contributed by atoms with Gasteiger partial charge in [-0.2, -0.15) is 0 Å². The van der Waals surface area contributed by atoms with Crippen LogP contribution in [0.25, 0.3) is 11.1 Å². The number of aromatic nitrogens is 1. The highest BCUT2D eigenvalue weighted by molar-refractivity contribution is 5.72. The Hall–Kier alpha value is -1.39. The number of rotatable bonds is 2. The first-order valence-electron chi connectivity index (χ1n) is 4.79. The lowest BCUT2D eigenvalue weighted by atomic mass is 9.93. The second-order valence-electron chi connectivity index (χ2n) is 4.21. The van der Waals surface area contributed by atoms with Gasteiger partial charge < -0.3 is 15.3 Å². The topological polar surface area (TPSA) is 72.3 Å². The van der Waals surface area contributed by atoms with Crippen LogP contribution in [-0.2, 0) is 0 Å². The summed E-state index contributed by atoms with van der Waals surface area (Å²) in [5, 5.41) is 9.79. The van der Waals surface area contributed by atoms with Gasteiger partial charge in [0, 0.05) is 0 Å². The first-order chi connectivity index (χ1) is 6.98. The molecule has 0 aliphatic carbocycles. The number of hydrogen-bond acceptors (Lipinski definition) is 4. The summed E-state index contributed by atoms with van der Waals surface area (Å²) in [5.41, 5.74) is 7.29. The zero-order valence-corrected chi connectivity index (χ0v) is 8.77. The Morgan fingerprint density at radius 3 is 2.87 bits per heavy atom. The second-order valence-corrected chi connectivity index (χ2v) is 4.21. The molecule has 0 aliphatic heterocycles. The minimum Gasteiger partial charge on any atom is -0.443 e. The van der Waals surface area contributed by atoms with Crippen molar-refractivity contribution >= 4 is 11.1 Å². The molecule has 1 atom stereocenters. The summed E-state index contributed by atoms with van der Waals surface area (Å²) in [6, 6.07) is 5.06. The quantitative estimate of drug-likeness (QED) is 0.782. The van der Waals surface area contributed by atoms with Crippen LogP contribution >= 0.6 is 0 Å². The lowest BCUT2D eigenvalue weighted by Crippen LogP contribution is -2.34. The van der Waals surface area contributed by atoms with Crippen molar-refractivity contribution in [1.82, 2.24) is 4.98 Å². The summed E-state index contributed by atoms with van der Waals surface area (Å²) in [7, 11) is 0. The van der Waals surface area contributed by atoms with E-state index in [1.54, 1.807) is 13.8 Å². The molecule has 0 spiro atoms. The number of fused-ring (bicyclic) bond motifs is 1. The fourth-order valence-corrected chi connectivity index (χ4v) is 1.47. The van der Waals surface area contributed by atoms with Crippen LogP contribution in [0.5, 0.6) is 0 Å². The van der Waals surface area contributed by atoms with Gasteiger partial charge in [0.15, 0.2) is 12.0 Å². The fourth-order valence-electron chi connectivity index (χ4n) is 1.47. The van der Waals surface area contributed by atoms with Crippen LogP contribution in [-0.4, -0.2) is 15.7 Å². The van der Waals surface area contributed by atoms with Gasteiger partial charge in [0.05, 0.1) is 11.6 Å². The minimum absolute atomic E-state index is 0.438. The fraction of sp³-hybridized carbons (Fsp3) is 0.364. The number of oxazole rings is 1. The van der Waals surface area contributed by atoms with Crippen LogP contribution < -0.4 is 5.73 Å². The summed E-state index contributed by atoms with van der Waals surface area (Å²) in [5.74, 6) is 0. The molecular weight excluding hydrogens is 192 g/mol. The first kappa shape index (κ1) is 10.1. The zero-order valence-electron chi connectivity index (χ0n) is 8.77. The molecule has 2 aromatic rings. The Balaban J connectivity index is 2.44. The van der Waals surface area contributed by atoms with Gasteiger partial charge >= 0.3 is 0 Å². The van der Waals surface area contributed by atoms with Crippen molar-refractivity contribution in [3.8, 4) is 0 Å². The smallest absolute Gasteiger partial charge is 0.181 e. The van der Waals surface area contributed by atoms with Gasteiger partial charge in [-0.25, -0.2) is 4.98 Å². The average Bonchev–Trinajstić information content (AvgIpc) is 2.61. The molecule has 80 valence electrons. The summed E-state index contributed by atoms with van der Waals surface area (Å²) in [6.45, 7) is 3.37. The normalized spacial score (nSPS) is 14.4. The van der Waals surface area contributed by atoms with Crippen molar-refractivity contribution in [3.63, 3.8) is 0 Å². The number of benzene rings is 1. The van der Waals surface area contributed by atoms with Gasteiger partial charge in [-0.15, -0.1) is 0 Å². The van der Waals surface area contributed by atoms with Crippen LogP contribution in [0.3, 0.4) is 0 Å². The molecule has 1 heterocycles. The van der Waals surface area contributed by atoms with Gasteiger partial charge in [0.2, 0.25) is 0 Å². The van der Waals surface area contributed by atoms with E-state index >= 15 is 0 Å². The highest BCUT2D eigenvalue weighted by Gasteiger charge is 2.24. The monoisotopic (exact) mass is 206 g/mol. The van der Waals surface area contributed by atoms with Crippen LogP contribution in [0.4, 0.5) is 0 Å². The van der Waals surface area contributed by atoms with E-state index in [1.165, 1.54) is 6.39 Å². The van der Waals surface area contributed by atoms with Crippen LogP contribution in [0.15, 0.2) is 29.0 Å². The van der Waals surface area contributed by atoms with E-state index < -0.39 is 11.6 Å². The lowest BCUT2D eigenvalue weighted by molar-refractivity contribution is 0.0517.